The van der Waals surface area contributed by atoms with Gasteiger partial charge >= 0.3 is 6.03 Å². The van der Waals surface area contributed by atoms with Crippen molar-refractivity contribution in [3.63, 3.8) is 0 Å². The number of hydrogen-bond donors (Lipinski definition) is 3. The maximum absolute atomic E-state index is 11.9. The summed E-state index contributed by atoms with van der Waals surface area (Å²) < 4.78 is 0. The summed E-state index contributed by atoms with van der Waals surface area (Å²) in [5.41, 5.74) is 0.0912. The second-order valence-electron chi connectivity index (χ2n) is 7.71. The summed E-state index contributed by atoms with van der Waals surface area (Å²) >= 11 is 0. The number of carbonyl (C=O) groups excluding carboxylic acids is 1. The highest BCUT2D eigenvalue weighted by atomic mass is 16.3. The summed E-state index contributed by atoms with van der Waals surface area (Å²) in [4.78, 5) is 14.4. The van der Waals surface area contributed by atoms with Crippen LogP contribution in [0.4, 0.5) is 4.79 Å². The van der Waals surface area contributed by atoms with Crippen molar-refractivity contribution in [1.29, 1.82) is 0 Å². The van der Waals surface area contributed by atoms with E-state index in [0.29, 0.717) is 0 Å². The van der Waals surface area contributed by atoms with Gasteiger partial charge in [-0.1, -0.05) is 27.7 Å². The number of urea groups is 1. The molecule has 0 radical (unpaired) electrons. The van der Waals surface area contributed by atoms with E-state index in [1.165, 1.54) is 25.9 Å². The lowest BCUT2D eigenvalue weighted by molar-refractivity contribution is 0.182. The van der Waals surface area contributed by atoms with Crippen LogP contribution in [0.3, 0.4) is 0 Å². The molecule has 3 N–H and O–H groups in total. The quantitative estimate of drug-likeness (QED) is 0.675. The highest BCUT2D eigenvalue weighted by Gasteiger charge is 2.20. The third-order valence-electron chi connectivity index (χ3n) is 4.41. The van der Waals surface area contributed by atoms with Crippen LogP contribution in [0.5, 0.6) is 0 Å². The molecule has 0 aromatic carbocycles. The van der Waals surface area contributed by atoms with E-state index in [-0.39, 0.29) is 24.1 Å². The highest BCUT2D eigenvalue weighted by molar-refractivity contribution is 5.74. The third-order valence-corrected chi connectivity index (χ3v) is 4.41. The van der Waals surface area contributed by atoms with Crippen LogP contribution in [0, 0.1) is 11.3 Å². The molecular weight excluding hydrogens is 278 g/mol. The number of aliphatic hydroxyl groups excluding tert-OH is 1. The molecular formula is C17H35N3O2. The average molecular weight is 313 g/mol. The topological polar surface area (TPSA) is 64.6 Å². The zero-order valence-corrected chi connectivity index (χ0v) is 14.8. The summed E-state index contributed by atoms with van der Waals surface area (Å²) in [6, 6.07) is -0.331. The predicted octanol–water partition coefficient (Wildman–Crippen LogP) is 2.20. The Morgan fingerprint density at radius 1 is 1.32 bits per heavy atom. The Morgan fingerprint density at radius 2 is 1.95 bits per heavy atom. The van der Waals surface area contributed by atoms with Crippen LogP contribution < -0.4 is 10.6 Å². The Hall–Kier alpha value is -0.810. The summed E-state index contributed by atoms with van der Waals surface area (Å²) in [5, 5.41) is 15.2. The summed E-state index contributed by atoms with van der Waals surface area (Å²) in [6.07, 6.45) is 4.29. The molecule has 1 heterocycles. The van der Waals surface area contributed by atoms with Crippen molar-refractivity contribution in [2.24, 2.45) is 11.3 Å². The molecule has 0 aliphatic carbocycles. The largest absolute Gasteiger partial charge is 0.394 e. The molecule has 5 heteroatoms. The third kappa shape index (κ3) is 7.99. The van der Waals surface area contributed by atoms with E-state index in [4.69, 9.17) is 0 Å². The summed E-state index contributed by atoms with van der Waals surface area (Å²) in [6.45, 7) is 12.8. The predicted molar refractivity (Wildman–Crippen MR) is 90.9 cm³/mol. The van der Waals surface area contributed by atoms with Crippen LogP contribution in [-0.2, 0) is 0 Å². The first-order valence-corrected chi connectivity index (χ1v) is 8.71. The molecule has 130 valence electrons. The molecule has 0 saturated carbocycles. The molecule has 1 saturated heterocycles. The zero-order chi connectivity index (χ0) is 16.6. The lowest BCUT2D eigenvalue weighted by Gasteiger charge is -2.31. The number of piperidine rings is 1. The molecule has 1 unspecified atom stereocenters. The molecule has 0 spiro atoms. The Bertz CT molecular complexity index is 320. The Labute approximate surface area is 135 Å². The molecule has 1 aliphatic heterocycles. The van der Waals surface area contributed by atoms with E-state index in [1.807, 2.05) is 0 Å². The van der Waals surface area contributed by atoms with Crippen LogP contribution in [0.2, 0.25) is 0 Å². The number of carbonyl (C=O) groups is 1. The van der Waals surface area contributed by atoms with Gasteiger partial charge in [-0.3, -0.25) is 0 Å². The van der Waals surface area contributed by atoms with Crippen LogP contribution in [0.15, 0.2) is 0 Å². The zero-order valence-electron chi connectivity index (χ0n) is 14.8. The minimum Gasteiger partial charge on any atom is -0.394 e. The van der Waals surface area contributed by atoms with Crippen molar-refractivity contribution in [2.45, 2.75) is 59.4 Å². The van der Waals surface area contributed by atoms with Crippen molar-refractivity contribution in [3.8, 4) is 0 Å². The van der Waals surface area contributed by atoms with Gasteiger partial charge in [0.1, 0.15) is 0 Å². The SMILES string of the molecule is CCN1CCC(CCNC(=O)NC(CO)CC(C)(C)C)CC1. The smallest absolute Gasteiger partial charge is 0.315 e. The van der Waals surface area contributed by atoms with Gasteiger partial charge < -0.3 is 20.6 Å². The first-order chi connectivity index (χ1) is 10.3. The molecule has 1 rings (SSSR count). The first kappa shape index (κ1) is 19.2. The lowest BCUT2D eigenvalue weighted by Crippen LogP contribution is -2.46. The summed E-state index contributed by atoms with van der Waals surface area (Å²) in [5.74, 6) is 0.728. The van der Waals surface area contributed by atoms with Gasteiger partial charge in [-0.15, -0.1) is 0 Å². The Morgan fingerprint density at radius 3 is 2.45 bits per heavy atom. The van der Waals surface area contributed by atoms with E-state index < -0.39 is 0 Å². The van der Waals surface area contributed by atoms with Gasteiger partial charge in [-0.05, 0) is 56.7 Å². The van der Waals surface area contributed by atoms with Crippen molar-refractivity contribution >= 4 is 6.03 Å². The van der Waals surface area contributed by atoms with Crippen LogP contribution in [0.1, 0.15) is 53.4 Å². The van der Waals surface area contributed by atoms with E-state index in [1.54, 1.807) is 0 Å². The second kappa shape index (κ2) is 9.36. The number of amides is 2. The number of nitrogens with zero attached hydrogens (tertiary/aromatic N) is 1. The standard InChI is InChI=1S/C17H35N3O2/c1-5-20-10-7-14(8-11-20)6-9-18-16(22)19-15(13-21)12-17(2,3)4/h14-15,21H,5-13H2,1-4H3,(H2,18,19,22). The van der Waals surface area contributed by atoms with E-state index >= 15 is 0 Å². The van der Waals surface area contributed by atoms with Crippen LogP contribution >= 0.6 is 0 Å². The van der Waals surface area contributed by atoms with E-state index in [2.05, 4.69) is 43.2 Å². The number of likely N-dealkylation sites (tertiary alicyclic amines) is 1. The Balaban J connectivity index is 2.17. The van der Waals surface area contributed by atoms with Gasteiger partial charge in [0.15, 0.2) is 0 Å². The molecule has 2 amide bonds. The number of nitrogens with one attached hydrogen (secondary N) is 2. The number of aliphatic hydroxyl groups is 1. The van der Waals surface area contributed by atoms with Crippen LogP contribution in [-0.4, -0.2) is 54.9 Å². The average Bonchev–Trinajstić information content (AvgIpc) is 2.46. The highest BCUT2D eigenvalue weighted by Crippen LogP contribution is 2.21. The molecule has 1 aliphatic rings. The maximum atomic E-state index is 11.9. The minimum absolute atomic E-state index is 0.0137. The van der Waals surface area contributed by atoms with Gasteiger partial charge in [0, 0.05) is 6.54 Å². The summed E-state index contributed by atoms with van der Waals surface area (Å²) in [7, 11) is 0. The fourth-order valence-corrected chi connectivity index (χ4v) is 3.12. The molecule has 1 fully saturated rings. The van der Waals surface area contributed by atoms with Gasteiger partial charge in [0.05, 0.1) is 12.6 Å². The fraction of sp³-hybridized carbons (Fsp3) is 0.941. The van der Waals surface area contributed by atoms with Gasteiger partial charge in [0.2, 0.25) is 0 Å². The Kier molecular flexibility index (Phi) is 8.18. The van der Waals surface area contributed by atoms with Crippen LogP contribution in [0.25, 0.3) is 0 Å². The molecule has 5 nitrogen and oxygen atoms in total. The van der Waals surface area contributed by atoms with Gasteiger partial charge in [-0.2, -0.15) is 0 Å². The molecule has 0 aromatic rings. The maximum Gasteiger partial charge on any atom is 0.315 e. The normalized spacial score (nSPS) is 19.0. The number of rotatable bonds is 7. The molecule has 0 aromatic heterocycles. The second-order valence-corrected chi connectivity index (χ2v) is 7.71. The van der Waals surface area contributed by atoms with Gasteiger partial charge in [0.25, 0.3) is 0 Å². The minimum atomic E-state index is -0.173. The fourth-order valence-electron chi connectivity index (χ4n) is 3.12. The van der Waals surface area contributed by atoms with Crippen molar-refractivity contribution in [3.05, 3.63) is 0 Å². The van der Waals surface area contributed by atoms with E-state index in [0.717, 1.165) is 31.8 Å². The van der Waals surface area contributed by atoms with Crippen molar-refractivity contribution < 1.29 is 9.90 Å². The molecule has 0 bridgehead atoms. The van der Waals surface area contributed by atoms with Crippen molar-refractivity contribution in [1.82, 2.24) is 15.5 Å². The van der Waals surface area contributed by atoms with Gasteiger partial charge in [-0.25, -0.2) is 4.79 Å². The molecule has 1 atom stereocenters. The lowest BCUT2D eigenvalue weighted by atomic mass is 9.88. The monoisotopic (exact) mass is 313 g/mol. The molecule has 22 heavy (non-hydrogen) atoms. The number of hydrogen-bond acceptors (Lipinski definition) is 3. The first-order valence-electron chi connectivity index (χ1n) is 8.71. The van der Waals surface area contributed by atoms with E-state index in [9.17, 15) is 9.90 Å². The van der Waals surface area contributed by atoms with Crippen molar-refractivity contribution in [2.75, 3.05) is 32.8 Å².